The van der Waals surface area contributed by atoms with Gasteiger partial charge in [0.25, 0.3) is 0 Å². The van der Waals surface area contributed by atoms with Crippen LogP contribution in [0.4, 0.5) is 0 Å². The normalized spacial score (nSPS) is 16.3. The summed E-state index contributed by atoms with van der Waals surface area (Å²) in [6.45, 7) is 2.59. The lowest BCUT2D eigenvalue weighted by molar-refractivity contribution is -0.126. The number of carbonyl (C=O) groups is 1. The molecule has 0 spiro atoms. The number of rotatable bonds is 7. The number of amides is 1. The van der Waals surface area contributed by atoms with Crippen LogP contribution in [0.5, 0.6) is 5.75 Å². The Balaban J connectivity index is 1.32. The van der Waals surface area contributed by atoms with Crippen molar-refractivity contribution in [3.05, 3.63) is 72.8 Å². The highest BCUT2D eigenvalue weighted by molar-refractivity contribution is 7.89. The Morgan fingerprint density at radius 2 is 1.76 bits per heavy atom. The first-order valence-corrected chi connectivity index (χ1v) is 12.4. The molecule has 1 aliphatic heterocycles. The highest BCUT2D eigenvalue weighted by Crippen LogP contribution is 2.26. The second kappa shape index (κ2) is 9.76. The van der Waals surface area contributed by atoms with Crippen LogP contribution in [0, 0.1) is 5.92 Å². The molecule has 1 atom stereocenters. The molecule has 1 amide bonds. The molecule has 4 rings (SSSR count). The molecule has 8 nitrogen and oxygen atoms in total. The first kappa shape index (κ1) is 23.0. The van der Waals surface area contributed by atoms with Crippen LogP contribution in [-0.2, 0) is 14.8 Å². The zero-order valence-corrected chi connectivity index (χ0v) is 19.5. The molecule has 174 valence electrons. The van der Waals surface area contributed by atoms with E-state index in [1.165, 1.54) is 11.4 Å². The summed E-state index contributed by atoms with van der Waals surface area (Å²) in [6.07, 6.45) is 6.33. The fourth-order valence-electron chi connectivity index (χ4n) is 4.02. The molecule has 1 N–H and O–H groups in total. The summed E-state index contributed by atoms with van der Waals surface area (Å²) in [5.41, 5.74) is 2.01. The highest BCUT2D eigenvalue weighted by atomic mass is 32.2. The van der Waals surface area contributed by atoms with E-state index in [0.717, 1.165) is 11.3 Å². The summed E-state index contributed by atoms with van der Waals surface area (Å²) < 4.78 is 34.3. The molecule has 1 fully saturated rings. The number of nitrogens with zero attached hydrogens (tertiary/aromatic N) is 3. The van der Waals surface area contributed by atoms with Crippen molar-refractivity contribution >= 4 is 15.9 Å². The maximum Gasteiger partial charge on any atom is 0.243 e. The third-order valence-electron chi connectivity index (χ3n) is 6.08. The smallest absolute Gasteiger partial charge is 0.243 e. The zero-order chi connectivity index (χ0) is 23.4. The minimum absolute atomic E-state index is 0.0392. The molecule has 0 saturated carbocycles. The van der Waals surface area contributed by atoms with Crippen molar-refractivity contribution in [2.45, 2.75) is 30.7 Å². The van der Waals surface area contributed by atoms with E-state index in [2.05, 4.69) is 10.3 Å². The van der Waals surface area contributed by atoms with Crippen LogP contribution >= 0.6 is 0 Å². The number of benzene rings is 2. The lowest BCUT2D eigenvalue weighted by Gasteiger charge is -2.31. The highest BCUT2D eigenvalue weighted by Gasteiger charge is 2.32. The standard InChI is InChI=1S/C24H28N4O4S/c1-18(19-3-5-21(6-4-19)27-16-13-25-17-27)26-24(29)20-11-14-28(15-12-20)33(30,31)23-9-7-22(32-2)8-10-23/h3-10,13,16-18,20H,11-12,14-15H2,1-2H3,(H,26,29)/t18-/m1/s1. The van der Waals surface area contributed by atoms with Crippen LogP contribution < -0.4 is 10.1 Å². The average molecular weight is 469 g/mol. The molecule has 1 saturated heterocycles. The molecule has 0 bridgehead atoms. The lowest BCUT2D eigenvalue weighted by Crippen LogP contribution is -2.43. The predicted molar refractivity (Wildman–Crippen MR) is 125 cm³/mol. The SMILES string of the molecule is COc1ccc(S(=O)(=O)N2CCC(C(=O)N[C@H](C)c3ccc(-n4ccnc4)cc3)CC2)cc1. The number of hydrogen-bond donors (Lipinski definition) is 1. The first-order chi connectivity index (χ1) is 15.9. The van der Waals surface area contributed by atoms with Crippen molar-refractivity contribution in [1.29, 1.82) is 0 Å². The van der Waals surface area contributed by atoms with Gasteiger partial charge in [-0.1, -0.05) is 12.1 Å². The van der Waals surface area contributed by atoms with E-state index in [1.54, 1.807) is 36.8 Å². The number of sulfonamides is 1. The van der Waals surface area contributed by atoms with Crippen molar-refractivity contribution in [2.75, 3.05) is 20.2 Å². The second-order valence-corrected chi connectivity index (χ2v) is 10.1. The van der Waals surface area contributed by atoms with E-state index in [0.29, 0.717) is 31.7 Å². The van der Waals surface area contributed by atoms with Gasteiger partial charge in [-0.05, 0) is 61.7 Å². The van der Waals surface area contributed by atoms with Gasteiger partial charge in [0.05, 0.1) is 24.4 Å². The Morgan fingerprint density at radius 3 is 2.33 bits per heavy atom. The number of ether oxygens (including phenoxy) is 1. The van der Waals surface area contributed by atoms with Crippen LogP contribution in [0.1, 0.15) is 31.4 Å². The summed E-state index contributed by atoms with van der Waals surface area (Å²) in [5, 5.41) is 3.08. The quantitative estimate of drug-likeness (QED) is 0.575. The molecule has 1 aliphatic rings. The molecule has 0 radical (unpaired) electrons. The zero-order valence-electron chi connectivity index (χ0n) is 18.7. The van der Waals surface area contributed by atoms with Gasteiger partial charge < -0.3 is 14.6 Å². The minimum atomic E-state index is -3.59. The van der Waals surface area contributed by atoms with Crippen molar-refractivity contribution in [2.24, 2.45) is 5.92 Å². The third kappa shape index (κ3) is 5.09. The topological polar surface area (TPSA) is 93.5 Å². The van der Waals surface area contributed by atoms with Crippen LogP contribution in [0.2, 0.25) is 0 Å². The number of imidazole rings is 1. The molecule has 0 unspecified atom stereocenters. The third-order valence-corrected chi connectivity index (χ3v) is 7.99. The number of hydrogen-bond acceptors (Lipinski definition) is 5. The fraction of sp³-hybridized carbons (Fsp3) is 0.333. The number of nitrogens with one attached hydrogen (secondary N) is 1. The Hall–Kier alpha value is -3.17. The van der Waals surface area contributed by atoms with Gasteiger partial charge >= 0.3 is 0 Å². The maximum absolute atomic E-state index is 12.9. The summed E-state index contributed by atoms with van der Waals surface area (Å²) in [4.78, 5) is 17.1. The van der Waals surface area contributed by atoms with E-state index >= 15 is 0 Å². The van der Waals surface area contributed by atoms with Gasteiger partial charge in [0.1, 0.15) is 5.75 Å². The summed E-state index contributed by atoms with van der Waals surface area (Å²) in [6, 6.07) is 14.2. The largest absolute Gasteiger partial charge is 0.497 e. The number of methoxy groups -OCH3 is 1. The molecule has 2 heterocycles. The number of aromatic nitrogens is 2. The monoisotopic (exact) mass is 468 g/mol. The van der Waals surface area contributed by atoms with Gasteiger partial charge in [-0.2, -0.15) is 4.31 Å². The van der Waals surface area contributed by atoms with Gasteiger partial charge in [-0.15, -0.1) is 0 Å². The van der Waals surface area contributed by atoms with Crippen LogP contribution in [0.25, 0.3) is 5.69 Å². The molecule has 9 heteroatoms. The van der Waals surface area contributed by atoms with Gasteiger partial charge in [-0.25, -0.2) is 13.4 Å². The van der Waals surface area contributed by atoms with Crippen LogP contribution in [0.3, 0.4) is 0 Å². The fourth-order valence-corrected chi connectivity index (χ4v) is 5.49. The Bertz CT molecular complexity index is 1170. The van der Waals surface area contributed by atoms with Crippen molar-refractivity contribution in [3.63, 3.8) is 0 Å². The molecular formula is C24H28N4O4S. The van der Waals surface area contributed by atoms with Gasteiger partial charge in [-0.3, -0.25) is 4.79 Å². The van der Waals surface area contributed by atoms with Gasteiger partial charge in [0.15, 0.2) is 0 Å². The van der Waals surface area contributed by atoms with Crippen molar-refractivity contribution in [3.8, 4) is 11.4 Å². The van der Waals surface area contributed by atoms with E-state index in [9.17, 15) is 13.2 Å². The molecule has 1 aromatic heterocycles. The van der Waals surface area contributed by atoms with E-state index < -0.39 is 10.0 Å². The molecule has 2 aromatic carbocycles. The van der Waals surface area contributed by atoms with Gasteiger partial charge in [0.2, 0.25) is 15.9 Å². The van der Waals surface area contributed by atoms with E-state index in [-0.39, 0.29) is 22.8 Å². The average Bonchev–Trinajstić information content (AvgIpc) is 3.39. The van der Waals surface area contributed by atoms with Crippen molar-refractivity contribution < 1.29 is 17.9 Å². The minimum Gasteiger partial charge on any atom is -0.497 e. The number of piperidine rings is 1. The number of carbonyl (C=O) groups excluding carboxylic acids is 1. The van der Waals surface area contributed by atoms with Crippen LogP contribution in [-0.4, -0.2) is 48.4 Å². The first-order valence-electron chi connectivity index (χ1n) is 10.9. The summed E-state index contributed by atoms with van der Waals surface area (Å²) in [7, 11) is -2.05. The maximum atomic E-state index is 12.9. The Morgan fingerprint density at radius 1 is 1.09 bits per heavy atom. The van der Waals surface area contributed by atoms with Gasteiger partial charge in [0, 0.05) is 37.1 Å². The van der Waals surface area contributed by atoms with Crippen molar-refractivity contribution in [1.82, 2.24) is 19.2 Å². The summed E-state index contributed by atoms with van der Waals surface area (Å²) >= 11 is 0. The predicted octanol–water partition coefficient (Wildman–Crippen LogP) is 3.16. The van der Waals surface area contributed by atoms with E-state index in [4.69, 9.17) is 4.74 Å². The van der Waals surface area contributed by atoms with Crippen LogP contribution in [0.15, 0.2) is 72.1 Å². The lowest BCUT2D eigenvalue weighted by atomic mass is 9.96. The molecule has 3 aromatic rings. The summed E-state index contributed by atoms with van der Waals surface area (Å²) in [5.74, 6) is 0.359. The Labute approximate surface area is 194 Å². The molecular weight excluding hydrogens is 440 g/mol. The molecule has 0 aliphatic carbocycles. The second-order valence-electron chi connectivity index (χ2n) is 8.15. The Kier molecular flexibility index (Phi) is 6.80. The van der Waals surface area contributed by atoms with E-state index in [1.807, 2.05) is 42.0 Å². The molecule has 33 heavy (non-hydrogen) atoms.